The third kappa shape index (κ3) is 2.59. The Kier molecular flexibility index (Phi) is 3.35. The predicted octanol–water partition coefficient (Wildman–Crippen LogP) is 3.03. The highest BCUT2D eigenvalue weighted by atomic mass is 32.1. The molecule has 4 heterocycles. The SMILES string of the molecule is O=C(OCc1ncc(-c2cccs2)o1)c1[nH]nc2ncccc12. The quantitative estimate of drug-likeness (QED) is 0.579. The number of pyridine rings is 1. The third-order valence-electron chi connectivity index (χ3n) is 3.18. The zero-order chi connectivity index (χ0) is 15.6. The number of fused-ring (bicyclic) bond motifs is 1. The van der Waals surface area contributed by atoms with E-state index < -0.39 is 5.97 Å². The number of carbonyl (C=O) groups excluding carboxylic acids is 1. The Morgan fingerprint density at radius 2 is 2.26 bits per heavy atom. The molecule has 4 rings (SSSR count). The lowest BCUT2D eigenvalue weighted by molar-refractivity contribution is 0.0434. The van der Waals surface area contributed by atoms with Gasteiger partial charge in [0, 0.05) is 6.20 Å². The van der Waals surface area contributed by atoms with Gasteiger partial charge in [-0.15, -0.1) is 11.3 Å². The molecule has 0 saturated heterocycles. The highest BCUT2D eigenvalue weighted by Crippen LogP contribution is 2.25. The molecular formula is C15H10N4O3S. The van der Waals surface area contributed by atoms with Gasteiger partial charge < -0.3 is 9.15 Å². The number of nitrogens with one attached hydrogen (secondary N) is 1. The number of hydrogen-bond acceptors (Lipinski definition) is 7. The average molecular weight is 326 g/mol. The smallest absolute Gasteiger partial charge is 0.357 e. The van der Waals surface area contributed by atoms with Crippen molar-refractivity contribution in [2.75, 3.05) is 0 Å². The van der Waals surface area contributed by atoms with Gasteiger partial charge in [-0.2, -0.15) is 5.10 Å². The first-order chi connectivity index (χ1) is 11.3. The molecule has 4 aromatic heterocycles. The first-order valence-electron chi connectivity index (χ1n) is 6.76. The first-order valence-corrected chi connectivity index (χ1v) is 7.64. The molecule has 0 aliphatic rings. The van der Waals surface area contributed by atoms with Gasteiger partial charge in [-0.25, -0.2) is 14.8 Å². The molecule has 0 radical (unpaired) electrons. The van der Waals surface area contributed by atoms with Gasteiger partial charge in [0.25, 0.3) is 0 Å². The second-order valence-electron chi connectivity index (χ2n) is 4.64. The van der Waals surface area contributed by atoms with E-state index in [0.29, 0.717) is 22.7 Å². The summed E-state index contributed by atoms with van der Waals surface area (Å²) in [6.07, 6.45) is 3.22. The van der Waals surface area contributed by atoms with Gasteiger partial charge in [0.2, 0.25) is 5.89 Å². The minimum Gasteiger partial charge on any atom is -0.451 e. The standard InChI is InChI=1S/C15H10N4O3S/c20-15(13-9-3-1-5-16-14(9)19-18-13)21-8-12-17-7-10(22-12)11-4-2-6-23-11/h1-7H,8H2,(H,16,18,19). The summed E-state index contributed by atoms with van der Waals surface area (Å²) in [6.45, 7) is -0.0506. The van der Waals surface area contributed by atoms with Crippen molar-refractivity contribution in [2.45, 2.75) is 6.61 Å². The van der Waals surface area contributed by atoms with Crippen LogP contribution < -0.4 is 0 Å². The third-order valence-corrected chi connectivity index (χ3v) is 4.06. The summed E-state index contributed by atoms with van der Waals surface area (Å²) in [5, 5.41) is 9.17. The fourth-order valence-electron chi connectivity index (χ4n) is 2.11. The van der Waals surface area contributed by atoms with Crippen LogP contribution in [0, 0.1) is 0 Å². The number of esters is 1. The van der Waals surface area contributed by atoms with Crippen LogP contribution in [0.3, 0.4) is 0 Å². The van der Waals surface area contributed by atoms with Crippen LogP contribution in [0.2, 0.25) is 0 Å². The van der Waals surface area contributed by atoms with Crippen molar-refractivity contribution in [3.05, 3.63) is 53.6 Å². The number of aromatic nitrogens is 4. The molecule has 114 valence electrons. The lowest BCUT2D eigenvalue weighted by Crippen LogP contribution is -2.06. The summed E-state index contributed by atoms with van der Waals surface area (Å²) < 4.78 is 10.8. The predicted molar refractivity (Wildman–Crippen MR) is 82.8 cm³/mol. The minimum absolute atomic E-state index is 0.0506. The van der Waals surface area contributed by atoms with Crippen LogP contribution in [-0.4, -0.2) is 26.1 Å². The summed E-state index contributed by atoms with van der Waals surface area (Å²) in [4.78, 5) is 21.3. The normalized spacial score (nSPS) is 11.0. The Labute approximate surface area is 134 Å². The van der Waals surface area contributed by atoms with Crippen LogP contribution in [0.4, 0.5) is 0 Å². The van der Waals surface area contributed by atoms with E-state index in [1.54, 1.807) is 35.9 Å². The number of nitrogens with zero attached hydrogens (tertiary/aromatic N) is 3. The molecule has 0 amide bonds. The topological polar surface area (TPSA) is 93.9 Å². The molecule has 7 nitrogen and oxygen atoms in total. The summed E-state index contributed by atoms with van der Waals surface area (Å²) in [7, 11) is 0. The number of rotatable bonds is 4. The van der Waals surface area contributed by atoms with Crippen molar-refractivity contribution < 1.29 is 13.9 Å². The number of H-pyrrole nitrogens is 1. The molecule has 0 unspecified atom stereocenters. The zero-order valence-electron chi connectivity index (χ0n) is 11.7. The van der Waals surface area contributed by atoms with Crippen LogP contribution in [-0.2, 0) is 11.3 Å². The molecule has 0 bridgehead atoms. The van der Waals surface area contributed by atoms with Crippen LogP contribution >= 0.6 is 11.3 Å². The average Bonchev–Trinajstić information content (AvgIpc) is 3.31. The van der Waals surface area contributed by atoms with Crippen LogP contribution in [0.25, 0.3) is 21.7 Å². The second-order valence-corrected chi connectivity index (χ2v) is 5.59. The number of aromatic amines is 1. The van der Waals surface area contributed by atoms with Gasteiger partial charge in [0.05, 0.1) is 16.5 Å². The number of carbonyl (C=O) groups is 1. The Bertz CT molecular complexity index is 958. The van der Waals surface area contributed by atoms with Crippen molar-refractivity contribution >= 4 is 28.3 Å². The number of ether oxygens (including phenoxy) is 1. The van der Waals surface area contributed by atoms with Gasteiger partial charge >= 0.3 is 5.97 Å². The van der Waals surface area contributed by atoms with E-state index in [1.165, 1.54) is 0 Å². The summed E-state index contributed by atoms with van der Waals surface area (Å²) >= 11 is 1.55. The number of hydrogen-bond donors (Lipinski definition) is 1. The maximum absolute atomic E-state index is 12.1. The molecule has 0 aromatic carbocycles. The number of thiophene rings is 1. The monoisotopic (exact) mass is 326 g/mol. The van der Waals surface area contributed by atoms with E-state index >= 15 is 0 Å². The number of oxazole rings is 1. The second kappa shape index (κ2) is 5.65. The molecule has 0 saturated carbocycles. The maximum atomic E-state index is 12.1. The van der Waals surface area contributed by atoms with Crippen molar-refractivity contribution in [3.63, 3.8) is 0 Å². The van der Waals surface area contributed by atoms with Crippen LogP contribution in [0.15, 0.2) is 46.5 Å². The van der Waals surface area contributed by atoms with Crippen molar-refractivity contribution in [1.29, 1.82) is 0 Å². The molecule has 0 fully saturated rings. The lowest BCUT2D eigenvalue weighted by Gasteiger charge is -2.00. The van der Waals surface area contributed by atoms with E-state index in [2.05, 4.69) is 20.2 Å². The van der Waals surface area contributed by atoms with E-state index in [9.17, 15) is 4.79 Å². The summed E-state index contributed by atoms with van der Waals surface area (Å²) in [6, 6.07) is 7.35. The van der Waals surface area contributed by atoms with Crippen molar-refractivity contribution in [1.82, 2.24) is 20.2 Å². The van der Waals surface area contributed by atoms with Gasteiger partial charge in [-0.1, -0.05) is 6.07 Å². The zero-order valence-corrected chi connectivity index (χ0v) is 12.5. The first kappa shape index (κ1) is 13.6. The fraction of sp³-hybridized carbons (Fsp3) is 0.0667. The fourth-order valence-corrected chi connectivity index (χ4v) is 2.79. The van der Waals surface area contributed by atoms with Gasteiger partial charge in [-0.05, 0) is 23.6 Å². The van der Waals surface area contributed by atoms with E-state index in [1.807, 2.05) is 17.5 Å². The molecular weight excluding hydrogens is 316 g/mol. The van der Waals surface area contributed by atoms with E-state index in [4.69, 9.17) is 9.15 Å². The van der Waals surface area contributed by atoms with Gasteiger partial charge in [0.1, 0.15) is 0 Å². The largest absolute Gasteiger partial charge is 0.451 e. The minimum atomic E-state index is -0.531. The van der Waals surface area contributed by atoms with Crippen LogP contribution in [0.5, 0.6) is 0 Å². The summed E-state index contributed by atoms with van der Waals surface area (Å²) in [5.74, 6) is 0.460. The lowest BCUT2D eigenvalue weighted by atomic mass is 10.3. The molecule has 4 aromatic rings. The molecule has 8 heteroatoms. The molecule has 0 spiro atoms. The molecule has 0 aliphatic carbocycles. The Hall–Kier alpha value is -3.00. The highest BCUT2D eigenvalue weighted by molar-refractivity contribution is 7.13. The van der Waals surface area contributed by atoms with Crippen LogP contribution in [0.1, 0.15) is 16.4 Å². The van der Waals surface area contributed by atoms with Gasteiger partial charge in [0.15, 0.2) is 23.7 Å². The maximum Gasteiger partial charge on any atom is 0.357 e. The Balaban J connectivity index is 1.48. The highest BCUT2D eigenvalue weighted by Gasteiger charge is 2.16. The Morgan fingerprint density at radius 1 is 1.30 bits per heavy atom. The molecule has 1 N–H and O–H groups in total. The Morgan fingerprint density at radius 3 is 3.13 bits per heavy atom. The molecule has 0 atom stereocenters. The van der Waals surface area contributed by atoms with Gasteiger partial charge in [-0.3, -0.25) is 5.10 Å². The van der Waals surface area contributed by atoms with E-state index in [-0.39, 0.29) is 12.3 Å². The van der Waals surface area contributed by atoms with Crippen molar-refractivity contribution in [2.24, 2.45) is 0 Å². The van der Waals surface area contributed by atoms with Crippen molar-refractivity contribution in [3.8, 4) is 10.6 Å². The molecule has 23 heavy (non-hydrogen) atoms. The van der Waals surface area contributed by atoms with E-state index in [0.717, 1.165) is 4.88 Å². The molecule has 0 aliphatic heterocycles. The summed E-state index contributed by atoms with van der Waals surface area (Å²) in [5.41, 5.74) is 0.730.